The van der Waals surface area contributed by atoms with Gasteiger partial charge in [0.25, 0.3) is 5.91 Å². The number of aromatic nitrogens is 1. The van der Waals surface area contributed by atoms with E-state index in [-0.39, 0.29) is 11.3 Å². The average Bonchev–Trinajstić information content (AvgIpc) is 3.25. The maximum atomic E-state index is 12.6. The number of nitrogens with zero attached hydrogens (tertiary/aromatic N) is 2. The Hall–Kier alpha value is -1.39. The first-order valence-electron chi connectivity index (χ1n) is 8.31. The summed E-state index contributed by atoms with van der Waals surface area (Å²) in [5.41, 5.74) is 1.81. The lowest BCUT2D eigenvalue weighted by Gasteiger charge is -2.17. The summed E-state index contributed by atoms with van der Waals surface area (Å²) in [5.74, 6) is 0.495. The predicted octanol–water partition coefficient (Wildman–Crippen LogP) is 4.96. The summed E-state index contributed by atoms with van der Waals surface area (Å²) in [6.07, 6.45) is 2.55. The minimum absolute atomic E-state index is 0.0485. The summed E-state index contributed by atoms with van der Waals surface area (Å²) in [4.78, 5) is 19.1. The summed E-state index contributed by atoms with van der Waals surface area (Å²) < 4.78 is 2.23. The van der Waals surface area contributed by atoms with E-state index in [2.05, 4.69) is 37.3 Å². The number of benzene rings is 1. The summed E-state index contributed by atoms with van der Waals surface area (Å²) in [6, 6.07) is 6.97. The fourth-order valence-corrected chi connectivity index (χ4v) is 4.20. The van der Waals surface area contributed by atoms with Gasteiger partial charge in [-0.3, -0.25) is 4.79 Å². The lowest BCUT2D eigenvalue weighted by atomic mass is 9.93. The molecule has 0 spiro atoms. The van der Waals surface area contributed by atoms with Crippen LogP contribution in [0.5, 0.6) is 0 Å². The van der Waals surface area contributed by atoms with Crippen molar-refractivity contribution >= 4 is 28.8 Å². The highest BCUT2D eigenvalue weighted by Crippen LogP contribution is 2.33. The molecule has 0 bridgehead atoms. The lowest BCUT2D eigenvalue weighted by molar-refractivity contribution is 0.0997. The lowest BCUT2D eigenvalue weighted by Crippen LogP contribution is -2.19. The monoisotopic (exact) mass is 362 g/mol. The zero-order chi connectivity index (χ0) is 17.5. The standard InChI is InChI=1S/C19H23ClN2OS/c1-12-16(19(2,3)4)24-18(22(12)11-13-8-9-13)21-17(23)14-6-5-7-15(20)10-14/h5-7,10,13H,8-9,11H2,1-4H3/b21-18-. The molecular weight excluding hydrogens is 340 g/mol. The van der Waals surface area contributed by atoms with Crippen LogP contribution in [0.3, 0.4) is 0 Å². The summed E-state index contributed by atoms with van der Waals surface area (Å²) >= 11 is 7.63. The van der Waals surface area contributed by atoms with Crippen LogP contribution in [-0.4, -0.2) is 10.5 Å². The molecule has 0 saturated heterocycles. The van der Waals surface area contributed by atoms with E-state index in [0.29, 0.717) is 10.6 Å². The Morgan fingerprint density at radius 2 is 2.08 bits per heavy atom. The molecule has 0 atom stereocenters. The van der Waals surface area contributed by atoms with Crippen molar-refractivity contribution < 1.29 is 4.79 Å². The van der Waals surface area contributed by atoms with Crippen LogP contribution in [0.2, 0.25) is 5.02 Å². The van der Waals surface area contributed by atoms with Crippen molar-refractivity contribution in [2.75, 3.05) is 0 Å². The summed E-state index contributed by atoms with van der Waals surface area (Å²) in [7, 11) is 0. The van der Waals surface area contributed by atoms with Gasteiger partial charge < -0.3 is 4.57 Å². The first-order valence-corrected chi connectivity index (χ1v) is 9.50. The molecule has 1 heterocycles. The predicted molar refractivity (Wildman–Crippen MR) is 99.8 cm³/mol. The third-order valence-corrected chi connectivity index (χ3v) is 6.09. The first kappa shape index (κ1) is 17.4. The number of amides is 1. The highest BCUT2D eigenvalue weighted by molar-refractivity contribution is 7.09. The minimum atomic E-state index is -0.233. The van der Waals surface area contributed by atoms with Crippen molar-refractivity contribution in [3.05, 3.63) is 50.2 Å². The number of halogens is 1. The molecule has 1 aliphatic carbocycles. The Bertz CT molecular complexity index is 838. The van der Waals surface area contributed by atoms with Crippen LogP contribution in [-0.2, 0) is 12.0 Å². The van der Waals surface area contributed by atoms with Crippen LogP contribution < -0.4 is 4.80 Å². The number of carbonyl (C=O) groups is 1. The Labute approximate surface area is 152 Å². The smallest absolute Gasteiger partial charge is 0.279 e. The normalized spacial score (nSPS) is 15.8. The maximum Gasteiger partial charge on any atom is 0.279 e. The van der Waals surface area contributed by atoms with E-state index in [4.69, 9.17) is 11.6 Å². The van der Waals surface area contributed by atoms with Crippen molar-refractivity contribution in [2.45, 2.75) is 52.5 Å². The van der Waals surface area contributed by atoms with Gasteiger partial charge in [-0.15, -0.1) is 11.3 Å². The molecule has 5 heteroatoms. The third kappa shape index (κ3) is 3.81. The van der Waals surface area contributed by atoms with Gasteiger partial charge in [0, 0.05) is 27.7 Å². The summed E-state index contributed by atoms with van der Waals surface area (Å²) in [5, 5.41) is 0.555. The molecule has 3 rings (SSSR count). The fourth-order valence-electron chi connectivity index (χ4n) is 2.81. The molecule has 1 aromatic heterocycles. The van der Waals surface area contributed by atoms with Crippen molar-refractivity contribution in [1.29, 1.82) is 0 Å². The zero-order valence-electron chi connectivity index (χ0n) is 14.6. The van der Waals surface area contributed by atoms with Crippen LogP contribution in [0.1, 0.15) is 54.5 Å². The van der Waals surface area contributed by atoms with E-state index in [1.54, 1.807) is 35.6 Å². The van der Waals surface area contributed by atoms with Crippen LogP contribution in [0, 0.1) is 12.8 Å². The topological polar surface area (TPSA) is 34.4 Å². The Balaban J connectivity index is 2.06. The third-order valence-electron chi connectivity index (χ3n) is 4.25. The van der Waals surface area contributed by atoms with Crippen molar-refractivity contribution in [3.8, 4) is 0 Å². The van der Waals surface area contributed by atoms with Gasteiger partial charge in [-0.05, 0) is 49.3 Å². The number of hydrogen-bond donors (Lipinski definition) is 0. The Morgan fingerprint density at radius 3 is 2.67 bits per heavy atom. The quantitative estimate of drug-likeness (QED) is 0.759. The van der Waals surface area contributed by atoms with E-state index in [0.717, 1.165) is 17.3 Å². The second-order valence-electron chi connectivity index (χ2n) is 7.53. The molecule has 2 aromatic rings. The highest BCUT2D eigenvalue weighted by atomic mass is 35.5. The van der Waals surface area contributed by atoms with Gasteiger partial charge in [-0.25, -0.2) is 0 Å². The van der Waals surface area contributed by atoms with Crippen LogP contribution in [0.4, 0.5) is 0 Å². The van der Waals surface area contributed by atoms with Gasteiger partial charge >= 0.3 is 0 Å². The van der Waals surface area contributed by atoms with Gasteiger partial charge in [0.15, 0.2) is 4.80 Å². The molecule has 24 heavy (non-hydrogen) atoms. The van der Waals surface area contributed by atoms with Crippen LogP contribution in [0.15, 0.2) is 29.3 Å². The number of thiazole rings is 1. The molecular formula is C19H23ClN2OS. The minimum Gasteiger partial charge on any atom is -0.320 e. The second-order valence-corrected chi connectivity index (χ2v) is 8.94. The van der Waals surface area contributed by atoms with Gasteiger partial charge in [0.1, 0.15) is 0 Å². The molecule has 1 saturated carbocycles. The van der Waals surface area contributed by atoms with Gasteiger partial charge in [0.2, 0.25) is 0 Å². The SMILES string of the molecule is Cc1c(C(C)(C)C)s/c(=N\C(=O)c2cccc(Cl)c2)n1CC1CC1. The van der Waals surface area contributed by atoms with Crippen LogP contribution in [0.25, 0.3) is 0 Å². The van der Waals surface area contributed by atoms with Crippen molar-refractivity contribution in [2.24, 2.45) is 10.9 Å². The molecule has 0 radical (unpaired) electrons. The molecule has 3 nitrogen and oxygen atoms in total. The van der Waals surface area contributed by atoms with E-state index >= 15 is 0 Å². The molecule has 1 aliphatic rings. The molecule has 1 fully saturated rings. The molecule has 0 aliphatic heterocycles. The maximum absolute atomic E-state index is 12.6. The van der Waals surface area contributed by atoms with E-state index in [1.165, 1.54) is 23.4 Å². The van der Waals surface area contributed by atoms with E-state index < -0.39 is 0 Å². The molecule has 0 unspecified atom stereocenters. The second kappa shape index (κ2) is 6.49. The highest BCUT2D eigenvalue weighted by Gasteiger charge is 2.27. The van der Waals surface area contributed by atoms with Crippen molar-refractivity contribution in [3.63, 3.8) is 0 Å². The fraction of sp³-hybridized carbons (Fsp3) is 0.474. The van der Waals surface area contributed by atoms with E-state index in [9.17, 15) is 4.79 Å². The Kier molecular flexibility index (Phi) is 4.71. The van der Waals surface area contributed by atoms with Gasteiger partial charge in [0.05, 0.1) is 0 Å². The number of hydrogen-bond acceptors (Lipinski definition) is 2. The number of carbonyl (C=O) groups excluding carboxylic acids is 1. The average molecular weight is 363 g/mol. The molecule has 0 N–H and O–H groups in total. The summed E-state index contributed by atoms with van der Waals surface area (Å²) in [6.45, 7) is 9.71. The van der Waals surface area contributed by atoms with Gasteiger partial charge in [-0.2, -0.15) is 4.99 Å². The molecule has 1 aromatic carbocycles. The zero-order valence-corrected chi connectivity index (χ0v) is 16.2. The largest absolute Gasteiger partial charge is 0.320 e. The molecule has 128 valence electrons. The van der Waals surface area contributed by atoms with E-state index in [1.807, 2.05) is 0 Å². The van der Waals surface area contributed by atoms with Crippen molar-refractivity contribution in [1.82, 2.24) is 4.57 Å². The molecule has 1 amide bonds. The van der Waals surface area contributed by atoms with Gasteiger partial charge in [-0.1, -0.05) is 38.4 Å². The Morgan fingerprint density at radius 1 is 1.38 bits per heavy atom. The number of rotatable bonds is 3. The first-order chi connectivity index (χ1) is 11.3. The van der Waals surface area contributed by atoms with Crippen LogP contribution >= 0.6 is 22.9 Å².